The van der Waals surface area contributed by atoms with Crippen molar-refractivity contribution in [3.8, 4) is 6.07 Å². The zero-order valence-electron chi connectivity index (χ0n) is 11.9. The van der Waals surface area contributed by atoms with Crippen molar-refractivity contribution >= 4 is 5.69 Å². The van der Waals surface area contributed by atoms with Gasteiger partial charge in [0.15, 0.2) is 0 Å². The Kier molecular flexibility index (Phi) is 5.30. The Morgan fingerprint density at radius 2 is 2.00 bits per heavy atom. The molecule has 4 heteroatoms. The highest BCUT2D eigenvalue weighted by Crippen LogP contribution is 2.18. The largest absolute Gasteiger partial charge is 0.384 e. The van der Waals surface area contributed by atoms with Crippen molar-refractivity contribution in [1.29, 1.82) is 5.26 Å². The maximum absolute atomic E-state index is 13.8. The Morgan fingerprint density at radius 1 is 1.19 bits per heavy atom. The molecule has 0 radical (unpaired) electrons. The van der Waals surface area contributed by atoms with Crippen molar-refractivity contribution < 1.29 is 9.13 Å². The molecule has 0 aliphatic carbocycles. The molecule has 0 fully saturated rings. The van der Waals surface area contributed by atoms with Crippen LogP contribution in [0.4, 0.5) is 10.1 Å². The molecule has 1 N–H and O–H groups in total. The second-order valence-corrected chi connectivity index (χ2v) is 4.67. The summed E-state index contributed by atoms with van der Waals surface area (Å²) in [5, 5.41) is 12.0. The molecule has 0 heterocycles. The summed E-state index contributed by atoms with van der Waals surface area (Å²) in [6.07, 6.45) is 0.801. The molecule has 21 heavy (non-hydrogen) atoms. The van der Waals surface area contributed by atoms with Gasteiger partial charge in [0.1, 0.15) is 5.82 Å². The van der Waals surface area contributed by atoms with Crippen LogP contribution in [0.3, 0.4) is 0 Å². The van der Waals surface area contributed by atoms with E-state index < -0.39 is 0 Å². The summed E-state index contributed by atoms with van der Waals surface area (Å²) in [5.74, 6) is -0.365. The first kappa shape index (κ1) is 15.0. The van der Waals surface area contributed by atoms with Crippen LogP contribution >= 0.6 is 0 Å². The van der Waals surface area contributed by atoms with Gasteiger partial charge in [-0.2, -0.15) is 5.26 Å². The summed E-state index contributed by atoms with van der Waals surface area (Å²) in [6, 6.07) is 14.3. The first-order chi connectivity index (χ1) is 10.2. The number of ether oxygens (including phenoxy) is 1. The highest BCUT2D eigenvalue weighted by molar-refractivity contribution is 5.51. The molecular weight excluding hydrogens is 267 g/mol. The minimum atomic E-state index is -0.365. The standard InChI is InChI=1S/C17H17FN2O/c1-21-9-8-14-4-2-3-5-17(14)20-12-15-7-6-13(11-19)10-16(15)18/h2-7,10,20H,8-9,12H2,1H3. The van der Waals surface area contributed by atoms with Crippen molar-refractivity contribution in [2.24, 2.45) is 0 Å². The fraction of sp³-hybridized carbons (Fsp3) is 0.235. The summed E-state index contributed by atoms with van der Waals surface area (Å²) >= 11 is 0. The predicted molar refractivity (Wildman–Crippen MR) is 80.5 cm³/mol. The number of nitrogens with zero attached hydrogens (tertiary/aromatic N) is 1. The van der Waals surface area contributed by atoms with E-state index in [9.17, 15) is 4.39 Å². The van der Waals surface area contributed by atoms with Crippen LogP contribution in [0.5, 0.6) is 0 Å². The molecule has 0 atom stereocenters. The second-order valence-electron chi connectivity index (χ2n) is 4.67. The third-order valence-corrected chi connectivity index (χ3v) is 3.24. The summed E-state index contributed by atoms with van der Waals surface area (Å²) in [6.45, 7) is 1.02. The van der Waals surface area contributed by atoms with Crippen molar-refractivity contribution in [3.63, 3.8) is 0 Å². The van der Waals surface area contributed by atoms with Crippen molar-refractivity contribution in [1.82, 2.24) is 0 Å². The molecule has 2 aromatic rings. The van der Waals surface area contributed by atoms with E-state index in [0.29, 0.717) is 24.3 Å². The molecule has 2 rings (SSSR count). The first-order valence-electron chi connectivity index (χ1n) is 6.74. The van der Waals surface area contributed by atoms with E-state index in [2.05, 4.69) is 5.32 Å². The molecule has 0 aliphatic rings. The Bertz CT molecular complexity index is 649. The number of para-hydroxylation sites is 1. The molecule has 0 amide bonds. The smallest absolute Gasteiger partial charge is 0.129 e. The zero-order chi connectivity index (χ0) is 15.1. The summed E-state index contributed by atoms with van der Waals surface area (Å²) in [7, 11) is 1.67. The lowest BCUT2D eigenvalue weighted by molar-refractivity contribution is 0.202. The van der Waals surface area contributed by atoms with Gasteiger partial charge in [0.2, 0.25) is 0 Å². The van der Waals surface area contributed by atoms with Crippen molar-refractivity contribution in [3.05, 3.63) is 65.0 Å². The lowest BCUT2D eigenvalue weighted by Crippen LogP contribution is -2.05. The lowest BCUT2D eigenvalue weighted by Gasteiger charge is -2.12. The third-order valence-electron chi connectivity index (χ3n) is 3.24. The zero-order valence-corrected chi connectivity index (χ0v) is 11.9. The average Bonchev–Trinajstić information content (AvgIpc) is 2.52. The predicted octanol–water partition coefficient (Wildman–Crippen LogP) is 3.50. The Morgan fingerprint density at radius 3 is 2.71 bits per heavy atom. The Balaban J connectivity index is 2.08. The number of rotatable bonds is 6. The van der Waals surface area contributed by atoms with Gasteiger partial charge in [-0.25, -0.2) is 4.39 Å². The number of nitriles is 1. The van der Waals surface area contributed by atoms with Gasteiger partial charge in [-0.3, -0.25) is 0 Å². The molecule has 0 unspecified atom stereocenters. The number of hydrogen-bond donors (Lipinski definition) is 1. The fourth-order valence-corrected chi connectivity index (χ4v) is 2.07. The molecule has 108 valence electrons. The third kappa shape index (κ3) is 4.04. The molecule has 2 aromatic carbocycles. The number of benzene rings is 2. The van der Waals surface area contributed by atoms with E-state index in [1.807, 2.05) is 30.3 Å². The number of anilines is 1. The van der Waals surface area contributed by atoms with Gasteiger partial charge in [0, 0.05) is 24.9 Å². The van der Waals surface area contributed by atoms with Crippen LogP contribution in [0.1, 0.15) is 16.7 Å². The summed E-state index contributed by atoms with van der Waals surface area (Å²) < 4.78 is 18.9. The number of halogens is 1. The molecule has 0 bridgehead atoms. The van der Waals surface area contributed by atoms with Gasteiger partial charge >= 0.3 is 0 Å². The van der Waals surface area contributed by atoms with Crippen LogP contribution < -0.4 is 5.32 Å². The average molecular weight is 284 g/mol. The quantitative estimate of drug-likeness (QED) is 0.883. The van der Waals surface area contributed by atoms with E-state index in [0.717, 1.165) is 17.7 Å². The van der Waals surface area contributed by atoms with Crippen LogP contribution in [0, 0.1) is 17.1 Å². The fourth-order valence-electron chi connectivity index (χ4n) is 2.07. The maximum Gasteiger partial charge on any atom is 0.129 e. The maximum atomic E-state index is 13.8. The molecular formula is C17H17FN2O. The molecule has 0 spiro atoms. The number of methoxy groups -OCH3 is 1. The van der Waals surface area contributed by atoms with Crippen LogP contribution in [-0.4, -0.2) is 13.7 Å². The van der Waals surface area contributed by atoms with Crippen LogP contribution in [-0.2, 0) is 17.7 Å². The van der Waals surface area contributed by atoms with Gasteiger partial charge in [-0.05, 0) is 30.2 Å². The van der Waals surface area contributed by atoms with Gasteiger partial charge in [0.25, 0.3) is 0 Å². The monoisotopic (exact) mass is 284 g/mol. The van der Waals surface area contributed by atoms with Crippen molar-refractivity contribution in [2.75, 3.05) is 19.0 Å². The van der Waals surface area contributed by atoms with Crippen LogP contribution in [0.15, 0.2) is 42.5 Å². The van der Waals surface area contributed by atoms with Gasteiger partial charge in [-0.1, -0.05) is 24.3 Å². The molecule has 0 saturated heterocycles. The van der Waals surface area contributed by atoms with E-state index in [1.54, 1.807) is 19.2 Å². The lowest BCUT2D eigenvalue weighted by atomic mass is 10.1. The minimum Gasteiger partial charge on any atom is -0.384 e. The first-order valence-corrected chi connectivity index (χ1v) is 6.74. The van der Waals surface area contributed by atoms with Crippen molar-refractivity contribution in [2.45, 2.75) is 13.0 Å². The van der Waals surface area contributed by atoms with Crippen LogP contribution in [0.2, 0.25) is 0 Å². The normalized spacial score (nSPS) is 10.1. The minimum absolute atomic E-state index is 0.330. The van der Waals surface area contributed by atoms with E-state index >= 15 is 0 Å². The SMILES string of the molecule is COCCc1ccccc1NCc1ccc(C#N)cc1F. The van der Waals surface area contributed by atoms with Crippen LogP contribution in [0.25, 0.3) is 0 Å². The Hall–Kier alpha value is -2.38. The van der Waals surface area contributed by atoms with Gasteiger partial charge in [-0.15, -0.1) is 0 Å². The molecule has 0 saturated carbocycles. The second kappa shape index (κ2) is 7.41. The van der Waals surface area contributed by atoms with Gasteiger partial charge < -0.3 is 10.1 Å². The topological polar surface area (TPSA) is 45.0 Å². The molecule has 0 aliphatic heterocycles. The van der Waals surface area contributed by atoms with E-state index in [-0.39, 0.29) is 5.82 Å². The molecule has 0 aromatic heterocycles. The van der Waals surface area contributed by atoms with E-state index in [1.165, 1.54) is 6.07 Å². The van der Waals surface area contributed by atoms with Gasteiger partial charge in [0.05, 0.1) is 18.2 Å². The highest BCUT2D eigenvalue weighted by Gasteiger charge is 2.05. The Labute approximate surface area is 124 Å². The van der Waals surface area contributed by atoms with E-state index in [4.69, 9.17) is 10.00 Å². The highest BCUT2D eigenvalue weighted by atomic mass is 19.1. The number of hydrogen-bond acceptors (Lipinski definition) is 3. The number of nitrogens with one attached hydrogen (secondary N) is 1. The summed E-state index contributed by atoms with van der Waals surface area (Å²) in [4.78, 5) is 0. The molecule has 3 nitrogen and oxygen atoms in total. The summed E-state index contributed by atoms with van der Waals surface area (Å²) in [5.41, 5.74) is 2.97.